The Morgan fingerprint density at radius 1 is 0.812 bits per heavy atom. The van der Waals surface area contributed by atoms with E-state index >= 15 is 0 Å². The highest BCUT2D eigenvalue weighted by Crippen LogP contribution is 2.41. The molecule has 0 saturated heterocycles. The number of nitro groups is 1. The van der Waals surface area contributed by atoms with Crippen molar-refractivity contribution < 1.29 is 9.34 Å². The summed E-state index contributed by atoms with van der Waals surface area (Å²) in [4.78, 5) is 10.6. The predicted molar refractivity (Wildman–Crippen MR) is 128 cm³/mol. The average Bonchev–Trinajstić information content (AvgIpc) is 2.85. The highest BCUT2D eigenvalue weighted by Gasteiger charge is 2.31. The molecule has 0 spiro atoms. The molecule has 1 heterocycles. The molecule has 4 aromatic rings. The average molecular weight is 420 g/mol. The number of nitro benzene ring substituents is 1. The van der Waals surface area contributed by atoms with Gasteiger partial charge in [0.1, 0.15) is 0 Å². The molecule has 3 aromatic carbocycles. The summed E-state index contributed by atoms with van der Waals surface area (Å²) in [5, 5.41) is 11.0. The molecule has 0 radical (unpaired) electrons. The van der Waals surface area contributed by atoms with Crippen molar-refractivity contribution in [3.05, 3.63) is 118 Å². The zero-order chi connectivity index (χ0) is 21.9. The Hall–Kier alpha value is -4.05. The van der Waals surface area contributed by atoms with Gasteiger partial charge in [0.15, 0.2) is 0 Å². The lowest BCUT2D eigenvalue weighted by atomic mass is 9.86. The van der Waals surface area contributed by atoms with Gasteiger partial charge in [-0.25, -0.2) is 4.42 Å². The van der Waals surface area contributed by atoms with Gasteiger partial charge in [-0.05, 0) is 60.7 Å². The van der Waals surface area contributed by atoms with Crippen LogP contribution in [0.4, 0.5) is 5.69 Å². The molecular formula is C28H22NO3+. The molecule has 4 heteroatoms. The van der Waals surface area contributed by atoms with Crippen molar-refractivity contribution >= 4 is 17.3 Å². The van der Waals surface area contributed by atoms with E-state index in [1.807, 2.05) is 24.3 Å². The van der Waals surface area contributed by atoms with Gasteiger partial charge in [0, 0.05) is 17.7 Å². The summed E-state index contributed by atoms with van der Waals surface area (Å²) in [6.07, 6.45) is 4.98. The molecule has 0 atom stereocenters. The van der Waals surface area contributed by atoms with E-state index < -0.39 is 0 Å². The van der Waals surface area contributed by atoms with Gasteiger partial charge in [0.05, 0.1) is 27.7 Å². The van der Waals surface area contributed by atoms with E-state index in [9.17, 15) is 10.1 Å². The quantitative estimate of drug-likeness (QED) is 0.193. The standard InChI is InChI=1S/C28H22NO3/c30-29(31)24-16-14-20(15-17-24)18-23-12-7-13-25-26(21-8-3-1-4-9-21)19-27(32-28(23)25)22-10-5-2-6-11-22/h1-6,8-11,14-19H,7,12-13H2/q+1/b23-18+. The fraction of sp³-hybridized carbons (Fsp3) is 0.107. The van der Waals surface area contributed by atoms with Crippen LogP contribution in [0.25, 0.3) is 34.1 Å². The molecule has 1 aliphatic carbocycles. The summed E-state index contributed by atoms with van der Waals surface area (Å²) >= 11 is 0. The van der Waals surface area contributed by atoms with Gasteiger partial charge in [0.25, 0.3) is 5.69 Å². The first-order valence-corrected chi connectivity index (χ1v) is 10.8. The Balaban J connectivity index is 1.67. The molecule has 5 rings (SSSR count). The molecule has 32 heavy (non-hydrogen) atoms. The summed E-state index contributed by atoms with van der Waals surface area (Å²) in [6, 6.07) is 29.4. The molecule has 0 unspecified atom stereocenters. The van der Waals surface area contributed by atoms with Crippen molar-refractivity contribution in [1.82, 2.24) is 0 Å². The van der Waals surface area contributed by atoms with E-state index in [0.717, 1.165) is 47.5 Å². The smallest absolute Gasteiger partial charge is 0.258 e. The van der Waals surface area contributed by atoms with Crippen LogP contribution in [0, 0.1) is 10.1 Å². The molecule has 4 nitrogen and oxygen atoms in total. The number of allylic oxidation sites excluding steroid dienone is 1. The van der Waals surface area contributed by atoms with Crippen LogP contribution in [0.2, 0.25) is 0 Å². The van der Waals surface area contributed by atoms with Crippen LogP contribution in [0.15, 0.2) is 95.4 Å². The minimum absolute atomic E-state index is 0.0959. The molecule has 0 saturated carbocycles. The number of hydrogen-bond acceptors (Lipinski definition) is 2. The molecule has 1 aromatic heterocycles. The summed E-state index contributed by atoms with van der Waals surface area (Å²) in [7, 11) is 0. The predicted octanol–water partition coefficient (Wildman–Crippen LogP) is 7.68. The van der Waals surface area contributed by atoms with E-state index in [1.54, 1.807) is 24.3 Å². The van der Waals surface area contributed by atoms with Crippen LogP contribution in [0.3, 0.4) is 0 Å². The van der Waals surface area contributed by atoms with Gasteiger partial charge in [-0.15, -0.1) is 0 Å². The maximum atomic E-state index is 11.0. The van der Waals surface area contributed by atoms with Gasteiger partial charge in [-0.2, -0.15) is 0 Å². The number of hydrogen-bond donors (Lipinski definition) is 0. The van der Waals surface area contributed by atoms with E-state index in [4.69, 9.17) is 4.42 Å². The van der Waals surface area contributed by atoms with Crippen molar-refractivity contribution in [2.75, 3.05) is 0 Å². The second-order valence-electron chi connectivity index (χ2n) is 7.94. The molecule has 0 fully saturated rings. The lowest BCUT2D eigenvalue weighted by molar-refractivity contribution is -0.384. The first-order valence-electron chi connectivity index (χ1n) is 10.8. The largest absolute Gasteiger partial charge is 0.361 e. The number of benzene rings is 3. The zero-order valence-corrected chi connectivity index (χ0v) is 17.5. The van der Waals surface area contributed by atoms with E-state index in [1.165, 1.54) is 16.7 Å². The number of fused-ring (bicyclic) bond motifs is 1. The van der Waals surface area contributed by atoms with Gasteiger partial charge < -0.3 is 0 Å². The molecule has 156 valence electrons. The monoisotopic (exact) mass is 420 g/mol. The van der Waals surface area contributed by atoms with Crippen molar-refractivity contribution in [3.63, 3.8) is 0 Å². The van der Waals surface area contributed by atoms with Crippen LogP contribution in [-0.2, 0) is 6.42 Å². The van der Waals surface area contributed by atoms with Crippen LogP contribution in [0.1, 0.15) is 29.7 Å². The van der Waals surface area contributed by atoms with Crippen molar-refractivity contribution in [1.29, 1.82) is 0 Å². The Morgan fingerprint density at radius 3 is 2.12 bits per heavy atom. The number of rotatable bonds is 4. The van der Waals surface area contributed by atoms with Crippen LogP contribution >= 0.6 is 0 Å². The zero-order valence-electron chi connectivity index (χ0n) is 17.5. The summed E-state index contributed by atoms with van der Waals surface area (Å²) < 4.78 is 6.52. The van der Waals surface area contributed by atoms with E-state index in [0.29, 0.717) is 0 Å². The van der Waals surface area contributed by atoms with Gasteiger partial charge in [-0.1, -0.05) is 48.5 Å². The second kappa shape index (κ2) is 8.60. The topological polar surface area (TPSA) is 54.4 Å². The maximum Gasteiger partial charge on any atom is 0.361 e. The molecule has 0 bridgehead atoms. The third-order valence-electron chi connectivity index (χ3n) is 5.84. The van der Waals surface area contributed by atoms with E-state index in [-0.39, 0.29) is 10.6 Å². The van der Waals surface area contributed by atoms with Crippen molar-refractivity contribution in [2.24, 2.45) is 0 Å². The highest BCUT2D eigenvalue weighted by molar-refractivity contribution is 5.86. The van der Waals surface area contributed by atoms with Gasteiger partial charge in [0.2, 0.25) is 0 Å². The first kappa shape index (κ1) is 19.9. The maximum absolute atomic E-state index is 11.0. The van der Waals surface area contributed by atoms with Crippen LogP contribution < -0.4 is 0 Å². The third-order valence-corrected chi connectivity index (χ3v) is 5.84. The first-order chi connectivity index (χ1) is 15.7. The van der Waals surface area contributed by atoms with E-state index in [2.05, 4.69) is 48.5 Å². The van der Waals surface area contributed by atoms with Gasteiger partial charge in [-0.3, -0.25) is 10.1 Å². The molecule has 0 N–H and O–H groups in total. The Morgan fingerprint density at radius 2 is 1.47 bits per heavy atom. The second-order valence-corrected chi connectivity index (χ2v) is 7.94. The summed E-state index contributed by atoms with van der Waals surface area (Å²) in [6.45, 7) is 0. The normalized spacial score (nSPS) is 14.2. The van der Waals surface area contributed by atoms with Crippen LogP contribution in [0.5, 0.6) is 0 Å². The molecule has 0 aliphatic heterocycles. The molecular weight excluding hydrogens is 398 g/mol. The lowest BCUT2D eigenvalue weighted by Gasteiger charge is -2.15. The Labute approximate surface area is 186 Å². The summed E-state index contributed by atoms with van der Waals surface area (Å²) in [5.74, 6) is 1.74. The SMILES string of the molecule is O=[N+]([O-])c1ccc(/C=C2\CCCc3c(-c4ccccc4)cc(-c4ccccc4)[o+]c32)cc1. The van der Waals surface area contributed by atoms with Gasteiger partial charge >= 0.3 is 11.5 Å². The van der Waals surface area contributed by atoms with Crippen molar-refractivity contribution in [2.45, 2.75) is 19.3 Å². The molecule has 1 aliphatic rings. The summed E-state index contributed by atoms with van der Waals surface area (Å²) in [5.41, 5.74) is 6.77. The van der Waals surface area contributed by atoms with Crippen molar-refractivity contribution in [3.8, 4) is 22.5 Å². The Kier molecular flexibility index (Phi) is 5.34. The fourth-order valence-electron chi connectivity index (χ4n) is 4.27. The fourth-order valence-corrected chi connectivity index (χ4v) is 4.27. The Bertz CT molecular complexity index is 1290. The minimum atomic E-state index is -0.375. The number of non-ortho nitro benzene ring substituents is 1. The minimum Gasteiger partial charge on any atom is -0.258 e. The van der Waals surface area contributed by atoms with Crippen LogP contribution in [-0.4, -0.2) is 4.92 Å². The lowest BCUT2D eigenvalue weighted by Crippen LogP contribution is -2.05. The highest BCUT2D eigenvalue weighted by atomic mass is 16.6. The molecule has 0 amide bonds. The third kappa shape index (κ3) is 3.95. The number of nitrogens with zero attached hydrogens (tertiary/aromatic N) is 1.